The van der Waals surface area contributed by atoms with E-state index in [1.807, 2.05) is 4.72 Å². The van der Waals surface area contributed by atoms with Gasteiger partial charge in [0.25, 0.3) is 15.9 Å². The number of pyridine rings is 1. The molecule has 5 nitrogen and oxygen atoms in total. The molecule has 0 saturated heterocycles. The van der Waals surface area contributed by atoms with Crippen molar-refractivity contribution in [3.05, 3.63) is 69.3 Å². The van der Waals surface area contributed by atoms with E-state index < -0.39 is 15.9 Å². The predicted octanol–water partition coefficient (Wildman–Crippen LogP) is 3.12. The summed E-state index contributed by atoms with van der Waals surface area (Å²) in [6.45, 7) is 0. The number of rotatable bonds is 4. The first-order valence-electron chi connectivity index (χ1n) is 5.98. The number of nitrogens with zero attached hydrogens (tertiary/aromatic N) is 1. The van der Waals surface area contributed by atoms with Gasteiger partial charge in [-0.1, -0.05) is 23.2 Å². The minimum absolute atomic E-state index is 0.0203. The van der Waals surface area contributed by atoms with Crippen LogP contribution in [0.3, 0.4) is 0 Å². The number of sulfonamides is 1. The molecule has 8 heteroatoms. The smallest absolute Gasteiger partial charge is 0.266 e. The molecule has 1 amide bonds. The Balaban J connectivity index is 2.14. The fourth-order valence-corrected chi connectivity index (χ4v) is 2.80. The minimum atomic E-state index is -3.95. The molecule has 1 aromatic carbocycles. The van der Waals surface area contributed by atoms with Crippen LogP contribution in [0.5, 0.6) is 0 Å². The Bertz CT molecular complexity index is 821. The van der Waals surface area contributed by atoms with Gasteiger partial charge in [-0.3, -0.25) is 9.78 Å². The lowest BCUT2D eigenvalue weighted by Gasteiger charge is -2.05. The summed E-state index contributed by atoms with van der Waals surface area (Å²) in [7, 11) is -3.95. The average Bonchev–Trinajstić information content (AvgIpc) is 2.45. The van der Waals surface area contributed by atoms with Crippen LogP contribution in [-0.2, 0) is 10.0 Å². The fourth-order valence-electron chi connectivity index (χ4n) is 1.53. The van der Waals surface area contributed by atoms with Crippen molar-refractivity contribution in [2.75, 3.05) is 0 Å². The van der Waals surface area contributed by atoms with Gasteiger partial charge in [-0.05, 0) is 42.0 Å². The molecule has 1 N–H and O–H groups in total. The summed E-state index contributed by atoms with van der Waals surface area (Å²) in [5, 5.41) is 1.31. The highest BCUT2D eigenvalue weighted by Crippen LogP contribution is 2.21. The van der Waals surface area contributed by atoms with Crippen LogP contribution in [0.2, 0.25) is 10.0 Å². The molecule has 0 aliphatic carbocycles. The number of amides is 1. The van der Waals surface area contributed by atoms with E-state index in [9.17, 15) is 13.2 Å². The third-order valence-electron chi connectivity index (χ3n) is 2.56. The molecule has 2 rings (SSSR count). The highest BCUT2D eigenvalue weighted by atomic mass is 35.5. The molecule has 0 saturated carbocycles. The maximum Gasteiger partial charge on any atom is 0.266 e. The van der Waals surface area contributed by atoms with E-state index in [2.05, 4.69) is 4.98 Å². The Kier molecular flexibility index (Phi) is 5.18. The summed E-state index contributed by atoms with van der Waals surface area (Å²) >= 11 is 11.6. The van der Waals surface area contributed by atoms with Crippen molar-refractivity contribution in [3.63, 3.8) is 0 Å². The van der Waals surface area contributed by atoms with Gasteiger partial charge < -0.3 is 0 Å². The van der Waals surface area contributed by atoms with Gasteiger partial charge in [-0.25, -0.2) is 13.1 Å². The monoisotopic (exact) mass is 356 g/mol. The minimum Gasteiger partial charge on any atom is -0.268 e. The second-order valence-corrected chi connectivity index (χ2v) is 6.59. The largest absolute Gasteiger partial charge is 0.268 e. The predicted molar refractivity (Wildman–Crippen MR) is 86.1 cm³/mol. The lowest BCUT2D eigenvalue weighted by Crippen LogP contribution is -2.29. The molecule has 1 aromatic heterocycles. The molecule has 0 radical (unpaired) electrons. The molecular weight excluding hydrogens is 347 g/mol. The summed E-state index contributed by atoms with van der Waals surface area (Å²) in [6.07, 6.45) is 4.40. The van der Waals surface area contributed by atoms with Crippen molar-refractivity contribution in [2.45, 2.75) is 0 Å². The molecular formula is C14H10Cl2N2O3S. The first-order valence-corrected chi connectivity index (χ1v) is 8.28. The van der Waals surface area contributed by atoms with Gasteiger partial charge in [0.1, 0.15) is 0 Å². The van der Waals surface area contributed by atoms with Gasteiger partial charge in [0.2, 0.25) is 0 Å². The second-order valence-electron chi connectivity index (χ2n) is 4.18. The first-order chi connectivity index (χ1) is 10.4. The van der Waals surface area contributed by atoms with Gasteiger partial charge >= 0.3 is 0 Å². The van der Waals surface area contributed by atoms with Crippen molar-refractivity contribution in [2.24, 2.45) is 0 Å². The van der Waals surface area contributed by atoms with Crippen LogP contribution in [-0.4, -0.2) is 19.3 Å². The van der Waals surface area contributed by atoms with E-state index in [-0.39, 0.29) is 10.6 Å². The third kappa shape index (κ3) is 4.56. The maximum atomic E-state index is 11.9. The molecule has 114 valence electrons. The van der Waals surface area contributed by atoms with E-state index in [1.165, 1.54) is 36.7 Å². The first kappa shape index (κ1) is 16.5. The normalized spacial score (nSPS) is 11.5. The molecule has 0 atom stereocenters. The highest BCUT2D eigenvalue weighted by molar-refractivity contribution is 7.93. The molecule has 0 aliphatic heterocycles. The zero-order valence-corrected chi connectivity index (χ0v) is 13.4. The lowest BCUT2D eigenvalue weighted by atomic mass is 10.2. The number of carbonyl (C=O) groups is 1. The summed E-state index contributed by atoms with van der Waals surface area (Å²) in [5.41, 5.74) is 0.657. The molecule has 0 fully saturated rings. The van der Waals surface area contributed by atoms with Gasteiger partial charge in [0, 0.05) is 17.4 Å². The van der Waals surface area contributed by atoms with Crippen LogP contribution >= 0.6 is 23.2 Å². The van der Waals surface area contributed by atoms with E-state index in [0.29, 0.717) is 10.6 Å². The number of halogens is 2. The number of benzene rings is 1. The number of nitrogens with one attached hydrogen (secondary N) is 1. The number of carbonyl (C=O) groups excluding carboxylic acids is 1. The topological polar surface area (TPSA) is 76.1 Å². The van der Waals surface area contributed by atoms with Gasteiger partial charge in [0.05, 0.1) is 16.0 Å². The summed E-state index contributed by atoms with van der Waals surface area (Å²) in [5.74, 6) is -0.832. The molecule has 0 aliphatic rings. The van der Waals surface area contributed by atoms with Crippen LogP contribution < -0.4 is 4.72 Å². The van der Waals surface area contributed by atoms with Crippen LogP contribution in [0.1, 0.15) is 15.9 Å². The van der Waals surface area contributed by atoms with Gasteiger partial charge in [-0.15, -0.1) is 0 Å². The van der Waals surface area contributed by atoms with Crippen LogP contribution in [0.25, 0.3) is 6.08 Å². The second kappa shape index (κ2) is 6.91. The summed E-state index contributed by atoms with van der Waals surface area (Å²) in [6, 6.07) is 7.41. The van der Waals surface area contributed by atoms with Crippen molar-refractivity contribution in [3.8, 4) is 0 Å². The van der Waals surface area contributed by atoms with Crippen molar-refractivity contribution in [1.29, 1.82) is 0 Å². The van der Waals surface area contributed by atoms with Crippen LogP contribution in [0.15, 0.2) is 48.1 Å². The average molecular weight is 357 g/mol. The van der Waals surface area contributed by atoms with Gasteiger partial charge in [0.15, 0.2) is 0 Å². The van der Waals surface area contributed by atoms with Crippen molar-refractivity contribution in [1.82, 2.24) is 9.71 Å². The van der Waals surface area contributed by atoms with Crippen LogP contribution in [0.4, 0.5) is 0 Å². The zero-order chi connectivity index (χ0) is 16.2. The Hall–Kier alpha value is -1.89. The quantitative estimate of drug-likeness (QED) is 0.912. The Labute approximate surface area is 137 Å². The molecule has 1 heterocycles. The third-order valence-corrected chi connectivity index (χ3v) is 4.07. The van der Waals surface area contributed by atoms with Crippen molar-refractivity contribution >= 4 is 45.2 Å². The Morgan fingerprint density at radius 2 is 1.82 bits per heavy atom. The van der Waals surface area contributed by atoms with E-state index in [4.69, 9.17) is 23.2 Å². The summed E-state index contributed by atoms with van der Waals surface area (Å²) in [4.78, 5) is 15.8. The number of hydrogen-bond donors (Lipinski definition) is 1. The Morgan fingerprint density at radius 1 is 1.14 bits per heavy atom. The fraction of sp³-hybridized carbons (Fsp3) is 0. The molecule has 0 bridgehead atoms. The van der Waals surface area contributed by atoms with E-state index >= 15 is 0 Å². The lowest BCUT2D eigenvalue weighted by molar-refractivity contribution is 0.0982. The molecule has 2 aromatic rings. The van der Waals surface area contributed by atoms with Crippen LogP contribution in [0, 0.1) is 0 Å². The SMILES string of the molecule is O=C(NS(=O)(=O)C=Cc1ccncc1)c1ccc(Cl)cc1Cl. The maximum absolute atomic E-state index is 11.9. The van der Waals surface area contributed by atoms with Gasteiger partial charge in [-0.2, -0.15) is 0 Å². The van der Waals surface area contributed by atoms with E-state index in [1.54, 1.807) is 12.1 Å². The highest BCUT2D eigenvalue weighted by Gasteiger charge is 2.16. The van der Waals surface area contributed by atoms with Crippen molar-refractivity contribution < 1.29 is 13.2 Å². The standard InChI is InChI=1S/C14H10Cl2N2O3S/c15-11-1-2-12(13(16)9-11)14(19)18-22(20,21)8-5-10-3-6-17-7-4-10/h1-9H,(H,18,19). The molecule has 0 spiro atoms. The number of aromatic nitrogens is 1. The zero-order valence-electron chi connectivity index (χ0n) is 11.0. The molecule has 22 heavy (non-hydrogen) atoms. The summed E-state index contributed by atoms with van der Waals surface area (Å²) < 4.78 is 25.6. The van der Waals surface area contributed by atoms with E-state index in [0.717, 1.165) is 5.41 Å². The Morgan fingerprint density at radius 3 is 2.45 bits per heavy atom. The molecule has 0 unspecified atom stereocenters. The number of hydrogen-bond acceptors (Lipinski definition) is 4.